The number of anilines is 1. The fraction of sp³-hybridized carbons (Fsp3) is 0.545. The van der Waals surface area contributed by atoms with Gasteiger partial charge in [-0.2, -0.15) is 0 Å². The smallest absolute Gasteiger partial charge is 0.245 e. The van der Waals surface area contributed by atoms with E-state index in [0.29, 0.717) is 0 Å². The van der Waals surface area contributed by atoms with E-state index in [-0.39, 0.29) is 11.9 Å². The van der Waals surface area contributed by atoms with E-state index in [1.54, 1.807) is 16.2 Å². The number of halogens is 1. The highest BCUT2D eigenvalue weighted by molar-refractivity contribution is 9.10. The van der Waals surface area contributed by atoms with Crippen LogP contribution >= 0.6 is 27.3 Å². The molecule has 1 fully saturated rings. The van der Waals surface area contributed by atoms with Crippen molar-refractivity contribution in [3.05, 3.63) is 15.9 Å². The van der Waals surface area contributed by atoms with E-state index >= 15 is 0 Å². The highest BCUT2D eigenvalue weighted by Crippen LogP contribution is 2.28. The second-order valence-corrected chi connectivity index (χ2v) is 6.01. The minimum absolute atomic E-state index is 0.0605. The summed E-state index contributed by atoms with van der Waals surface area (Å²) in [5, 5.41) is 6.22. The molecule has 2 rings (SSSR count). The van der Waals surface area contributed by atoms with Crippen molar-refractivity contribution in [2.45, 2.75) is 6.04 Å². The van der Waals surface area contributed by atoms with Crippen molar-refractivity contribution in [3.8, 4) is 0 Å². The Hall–Kier alpha value is -0.430. The Morgan fingerprint density at radius 2 is 2.47 bits per heavy atom. The molecule has 1 aliphatic rings. The molecule has 0 spiro atoms. The average molecular weight is 318 g/mol. The number of rotatable bonds is 2. The number of hydrogen-bond donors (Lipinski definition) is 1. The number of amides is 1. The minimum Gasteiger partial charge on any atom is -0.313 e. The first-order valence-corrected chi connectivity index (χ1v) is 7.19. The highest BCUT2D eigenvalue weighted by atomic mass is 79.9. The normalized spacial score (nSPS) is 21.5. The van der Waals surface area contributed by atoms with Crippen molar-refractivity contribution < 1.29 is 4.79 Å². The number of carbonyl (C=O) groups is 1. The zero-order valence-corrected chi connectivity index (χ0v) is 12.3. The number of nitrogens with one attached hydrogen (secondary N) is 1. The van der Waals surface area contributed by atoms with Crippen molar-refractivity contribution in [3.63, 3.8) is 0 Å². The van der Waals surface area contributed by atoms with Crippen LogP contribution in [0.4, 0.5) is 5.00 Å². The zero-order valence-electron chi connectivity index (χ0n) is 9.94. The molecule has 1 aromatic heterocycles. The lowest BCUT2D eigenvalue weighted by molar-refractivity contribution is -0.123. The van der Waals surface area contributed by atoms with Gasteiger partial charge in [-0.3, -0.25) is 9.69 Å². The summed E-state index contributed by atoms with van der Waals surface area (Å²) in [5.74, 6) is 0.147. The third kappa shape index (κ3) is 2.88. The van der Waals surface area contributed by atoms with Gasteiger partial charge in [0, 0.05) is 36.5 Å². The van der Waals surface area contributed by atoms with Gasteiger partial charge in [-0.25, -0.2) is 0 Å². The minimum atomic E-state index is -0.0605. The Balaban J connectivity index is 2.08. The number of hydrogen-bond acceptors (Lipinski definition) is 4. The van der Waals surface area contributed by atoms with E-state index in [9.17, 15) is 4.79 Å². The lowest BCUT2D eigenvalue weighted by Crippen LogP contribution is -2.56. The van der Waals surface area contributed by atoms with Crippen molar-refractivity contribution in [2.75, 3.05) is 38.6 Å². The average Bonchev–Trinajstić information content (AvgIpc) is 2.75. The maximum atomic E-state index is 12.4. The molecule has 1 saturated heterocycles. The number of thiophene rings is 1. The molecule has 17 heavy (non-hydrogen) atoms. The van der Waals surface area contributed by atoms with Gasteiger partial charge in [0.25, 0.3) is 0 Å². The van der Waals surface area contributed by atoms with Crippen LogP contribution in [0.15, 0.2) is 15.9 Å². The summed E-state index contributed by atoms with van der Waals surface area (Å²) in [6.45, 7) is 2.60. The summed E-state index contributed by atoms with van der Waals surface area (Å²) in [6.07, 6.45) is 0. The zero-order chi connectivity index (χ0) is 12.4. The maximum absolute atomic E-state index is 12.4. The topological polar surface area (TPSA) is 35.6 Å². The van der Waals surface area contributed by atoms with Crippen LogP contribution in [-0.4, -0.2) is 50.6 Å². The largest absolute Gasteiger partial charge is 0.313 e. The third-order valence-electron chi connectivity index (χ3n) is 3.01. The highest BCUT2D eigenvalue weighted by Gasteiger charge is 2.29. The first kappa shape index (κ1) is 13.0. The van der Waals surface area contributed by atoms with E-state index in [0.717, 1.165) is 29.1 Å². The molecule has 0 aliphatic carbocycles. The lowest BCUT2D eigenvalue weighted by Gasteiger charge is -2.34. The van der Waals surface area contributed by atoms with Gasteiger partial charge in [0.15, 0.2) is 0 Å². The van der Waals surface area contributed by atoms with Crippen molar-refractivity contribution in [1.82, 2.24) is 10.2 Å². The maximum Gasteiger partial charge on any atom is 0.245 e. The molecule has 0 aromatic carbocycles. The van der Waals surface area contributed by atoms with Gasteiger partial charge in [-0.1, -0.05) is 0 Å². The van der Waals surface area contributed by atoms with Gasteiger partial charge in [-0.15, -0.1) is 11.3 Å². The molecule has 1 atom stereocenters. The molecule has 1 aliphatic heterocycles. The van der Waals surface area contributed by atoms with Gasteiger partial charge >= 0.3 is 0 Å². The Morgan fingerprint density at radius 3 is 3.06 bits per heavy atom. The van der Waals surface area contributed by atoms with Gasteiger partial charge in [0.05, 0.1) is 5.00 Å². The van der Waals surface area contributed by atoms with Gasteiger partial charge in [0.1, 0.15) is 6.04 Å². The summed E-state index contributed by atoms with van der Waals surface area (Å²) >= 11 is 4.98. The molecule has 6 heteroatoms. The molecule has 1 N–H and O–H groups in total. The van der Waals surface area contributed by atoms with Crippen LogP contribution in [0.25, 0.3) is 0 Å². The summed E-state index contributed by atoms with van der Waals surface area (Å²) in [6, 6.07) is 1.91. The quantitative estimate of drug-likeness (QED) is 0.895. The first-order valence-electron chi connectivity index (χ1n) is 5.52. The second kappa shape index (κ2) is 5.48. The fourth-order valence-electron chi connectivity index (χ4n) is 1.89. The summed E-state index contributed by atoms with van der Waals surface area (Å²) < 4.78 is 1.02. The SMILES string of the molecule is CN(C(=O)C1CNCCN1C)c1cc(Br)cs1. The van der Waals surface area contributed by atoms with Gasteiger partial charge < -0.3 is 10.2 Å². The van der Waals surface area contributed by atoms with E-state index < -0.39 is 0 Å². The van der Waals surface area contributed by atoms with E-state index in [4.69, 9.17) is 0 Å². The first-order chi connectivity index (χ1) is 8.09. The Bertz CT molecular complexity index is 409. The van der Waals surface area contributed by atoms with Gasteiger partial charge in [0.2, 0.25) is 5.91 Å². The molecule has 2 heterocycles. The second-order valence-electron chi connectivity index (χ2n) is 4.20. The van der Waals surface area contributed by atoms with Crippen LogP contribution in [0.2, 0.25) is 0 Å². The molecule has 94 valence electrons. The molecular formula is C11H16BrN3OS. The monoisotopic (exact) mass is 317 g/mol. The molecular weight excluding hydrogens is 302 g/mol. The third-order valence-corrected chi connectivity index (χ3v) is 4.78. The number of likely N-dealkylation sites (N-methyl/N-ethyl adjacent to an activating group) is 2. The predicted molar refractivity (Wildman–Crippen MR) is 74.7 cm³/mol. The van der Waals surface area contributed by atoms with Crippen molar-refractivity contribution >= 4 is 38.2 Å². The van der Waals surface area contributed by atoms with Crippen molar-refractivity contribution in [1.29, 1.82) is 0 Å². The summed E-state index contributed by atoms with van der Waals surface area (Å²) in [4.78, 5) is 16.2. The van der Waals surface area contributed by atoms with Crippen LogP contribution in [0.3, 0.4) is 0 Å². The summed E-state index contributed by atoms with van der Waals surface area (Å²) in [7, 11) is 3.84. The van der Waals surface area contributed by atoms with E-state index in [2.05, 4.69) is 26.1 Å². The molecule has 0 saturated carbocycles. The Kier molecular flexibility index (Phi) is 4.19. The van der Waals surface area contributed by atoms with E-state index in [1.165, 1.54) is 0 Å². The molecule has 4 nitrogen and oxygen atoms in total. The van der Waals surface area contributed by atoms with Crippen LogP contribution in [-0.2, 0) is 4.79 Å². The summed E-state index contributed by atoms with van der Waals surface area (Å²) in [5.41, 5.74) is 0. The number of piperazine rings is 1. The van der Waals surface area contributed by atoms with Crippen LogP contribution in [0.5, 0.6) is 0 Å². The molecule has 1 amide bonds. The molecule has 0 bridgehead atoms. The number of nitrogens with zero attached hydrogens (tertiary/aromatic N) is 2. The Morgan fingerprint density at radius 1 is 1.71 bits per heavy atom. The lowest BCUT2D eigenvalue weighted by atomic mass is 10.2. The van der Waals surface area contributed by atoms with Crippen LogP contribution < -0.4 is 10.2 Å². The predicted octanol–water partition coefficient (Wildman–Crippen LogP) is 1.38. The van der Waals surface area contributed by atoms with Gasteiger partial charge in [-0.05, 0) is 29.0 Å². The van der Waals surface area contributed by atoms with E-state index in [1.807, 2.05) is 25.5 Å². The van der Waals surface area contributed by atoms with Crippen molar-refractivity contribution in [2.24, 2.45) is 0 Å². The van der Waals surface area contributed by atoms with Crippen LogP contribution in [0, 0.1) is 0 Å². The fourth-order valence-corrected chi connectivity index (χ4v) is 3.29. The molecule has 1 unspecified atom stereocenters. The van der Waals surface area contributed by atoms with Crippen LogP contribution in [0.1, 0.15) is 0 Å². The molecule has 1 aromatic rings. The molecule has 0 radical (unpaired) electrons. The number of carbonyl (C=O) groups excluding carboxylic acids is 1. The standard InChI is InChI=1S/C11H16BrN3OS/c1-14-4-3-13-6-9(14)11(16)15(2)10-5-8(12)7-17-10/h5,7,9,13H,3-4,6H2,1-2H3. The Labute approximate surface area is 114 Å².